The van der Waals surface area contributed by atoms with E-state index in [2.05, 4.69) is 12.6 Å². The summed E-state index contributed by atoms with van der Waals surface area (Å²) in [7, 11) is 0. The van der Waals surface area contributed by atoms with E-state index >= 15 is 0 Å². The van der Waals surface area contributed by atoms with E-state index in [1.165, 1.54) is 0 Å². The van der Waals surface area contributed by atoms with Gasteiger partial charge in [-0.25, -0.2) is 9.59 Å². The highest BCUT2D eigenvalue weighted by atomic mass is 16.7. The predicted molar refractivity (Wildman–Crippen MR) is 104 cm³/mol. The van der Waals surface area contributed by atoms with Gasteiger partial charge in [-0.15, -0.1) is 0 Å². The van der Waals surface area contributed by atoms with Crippen molar-refractivity contribution in [2.45, 2.75) is 19.3 Å². The van der Waals surface area contributed by atoms with Crippen molar-refractivity contribution >= 4 is 12.1 Å². The maximum Gasteiger partial charge on any atom is 0.513 e. The highest BCUT2D eigenvalue weighted by molar-refractivity contribution is 5.81. The first kappa shape index (κ1) is 20.7. The molecular weight excluding hydrogens is 358 g/mol. The van der Waals surface area contributed by atoms with Crippen LogP contribution in [0.2, 0.25) is 0 Å². The molecule has 0 amide bonds. The molecule has 0 unspecified atom stereocenters. The van der Waals surface area contributed by atoms with Gasteiger partial charge in [0.2, 0.25) is 0 Å². The zero-order valence-corrected chi connectivity index (χ0v) is 15.4. The first-order chi connectivity index (χ1) is 13.6. The molecule has 0 radical (unpaired) electrons. The molecule has 0 atom stereocenters. The van der Waals surface area contributed by atoms with Crippen LogP contribution in [0.25, 0.3) is 11.1 Å². The molecule has 0 aliphatic carbocycles. The van der Waals surface area contributed by atoms with Crippen LogP contribution in [-0.4, -0.2) is 25.3 Å². The summed E-state index contributed by atoms with van der Waals surface area (Å²) in [5.74, 6) is -0.0521. The number of hydrogen-bond donors (Lipinski definition) is 0. The van der Waals surface area contributed by atoms with Gasteiger partial charge in [0.05, 0.1) is 24.8 Å². The third-order valence-electron chi connectivity index (χ3n) is 3.82. The second-order valence-electron chi connectivity index (χ2n) is 5.85. The fourth-order valence-electron chi connectivity index (χ4n) is 2.35. The molecule has 0 bridgehead atoms. The largest absolute Gasteiger partial charge is 0.513 e. The van der Waals surface area contributed by atoms with Crippen molar-refractivity contribution in [3.8, 4) is 22.9 Å². The lowest BCUT2D eigenvalue weighted by atomic mass is 10.0. The molecule has 6 nitrogen and oxygen atoms in total. The van der Waals surface area contributed by atoms with Gasteiger partial charge in [0, 0.05) is 6.08 Å². The van der Waals surface area contributed by atoms with Crippen LogP contribution in [0.3, 0.4) is 0 Å². The molecule has 0 saturated carbocycles. The maximum atomic E-state index is 11.7. The SMILES string of the molecule is C=CC(=O)OCCCCCOC(=O)Oc1ccc(-c2ccc(C#N)cc2)cc1. The molecule has 0 saturated heterocycles. The summed E-state index contributed by atoms with van der Waals surface area (Å²) in [6.07, 6.45) is 2.46. The summed E-state index contributed by atoms with van der Waals surface area (Å²) < 4.78 is 15.0. The lowest BCUT2D eigenvalue weighted by molar-refractivity contribution is -0.137. The Bertz CT molecular complexity index is 835. The van der Waals surface area contributed by atoms with Gasteiger partial charge in [0.15, 0.2) is 0 Å². The number of esters is 1. The third kappa shape index (κ3) is 6.96. The van der Waals surface area contributed by atoms with Crippen LogP contribution >= 0.6 is 0 Å². The highest BCUT2D eigenvalue weighted by Gasteiger charge is 2.07. The van der Waals surface area contributed by atoms with Gasteiger partial charge in [-0.05, 0) is 54.7 Å². The Hall–Kier alpha value is -3.59. The lowest BCUT2D eigenvalue weighted by Gasteiger charge is -2.07. The van der Waals surface area contributed by atoms with E-state index in [0.29, 0.717) is 30.8 Å². The van der Waals surface area contributed by atoms with Crippen LogP contribution in [0.4, 0.5) is 4.79 Å². The van der Waals surface area contributed by atoms with Crippen LogP contribution in [0.1, 0.15) is 24.8 Å². The smallest absolute Gasteiger partial charge is 0.463 e. The molecular formula is C22H21NO5. The Morgan fingerprint density at radius 1 is 0.893 bits per heavy atom. The summed E-state index contributed by atoms with van der Waals surface area (Å²) in [6.45, 7) is 3.87. The average Bonchev–Trinajstić information content (AvgIpc) is 2.73. The molecule has 0 heterocycles. The lowest BCUT2D eigenvalue weighted by Crippen LogP contribution is -2.11. The van der Waals surface area contributed by atoms with Gasteiger partial charge in [-0.3, -0.25) is 0 Å². The number of carbonyl (C=O) groups is 2. The summed E-state index contributed by atoms with van der Waals surface area (Å²) in [5.41, 5.74) is 2.51. The number of nitriles is 1. The van der Waals surface area contributed by atoms with Gasteiger partial charge in [-0.2, -0.15) is 5.26 Å². The topological polar surface area (TPSA) is 85.6 Å². The predicted octanol–water partition coefficient (Wildman–Crippen LogP) is 4.64. The van der Waals surface area contributed by atoms with E-state index in [4.69, 9.17) is 19.5 Å². The molecule has 0 N–H and O–H groups in total. The van der Waals surface area contributed by atoms with E-state index < -0.39 is 12.1 Å². The van der Waals surface area contributed by atoms with Crippen LogP contribution < -0.4 is 4.74 Å². The molecule has 2 aromatic rings. The average molecular weight is 379 g/mol. The summed E-state index contributed by atoms with van der Waals surface area (Å²) in [5, 5.41) is 8.83. The molecule has 6 heteroatoms. The number of ether oxygens (including phenoxy) is 3. The van der Waals surface area contributed by atoms with Gasteiger partial charge in [-0.1, -0.05) is 30.8 Å². The van der Waals surface area contributed by atoms with Crippen molar-refractivity contribution in [2.24, 2.45) is 0 Å². The van der Waals surface area contributed by atoms with E-state index in [1.54, 1.807) is 24.3 Å². The summed E-state index contributed by atoms with van der Waals surface area (Å²) in [6, 6.07) is 16.3. The zero-order chi connectivity index (χ0) is 20.2. The molecule has 0 spiro atoms. The fraction of sp³-hybridized carbons (Fsp3) is 0.227. The Kier molecular flexibility index (Phi) is 8.28. The quantitative estimate of drug-likeness (QED) is 0.273. The molecule has 0 aliphatic heterocycles. The van der Waals surface area contributed by atoms with E-state index in [9.17, 15) is 9.59 Å². The number of nitrogens with zero attached hydrogens (tertiary/aromatic N) is 1. The molecule has 2 rings (SSSR count). The van der Waals surface area contributed by atoms with Crippen molar-refractivity contribution < 1.29 is 23.8 Å². The summed E-state index contributed by atoms with van der Waals surface area (Å²) in [4.78, 5) is 22.6. The van der Waals surface area contributed by atoms with Gasteiger partial charge >= 0.3 is 12.1 Å². The Morgan fingerprint density at radius 2 is 1.46 bits per heavy atom. The zero-order valence-electron chi connectivity index (χ0n) is 15.4. The van der Waals surface area contributed by atoms with Crippen molar-refractivity contribution in [1.29, 1.82) is 5.26 Å². The van der Waals surface area contributed by atoms with Crippen molar-refractivity contribution in [3.63, 3.8) is 0 Å². The standard InChI is InChI=1S/C22H21NO5/c1-2-21(24)26-14-4-3-5-15-27-22(25)28-20-12-10-19(11-13-20)18-8-6-17(16-23)7-9-18/h2,6-13H,1,3-5,14-15H2. The second-order valence-corrected chi connectivity index (χ2v) is 5.85. The second kappa shape index (κ2) is 11.2. The van der Waals surface area contributed by atoms with Crippen molar-refractivity contribution in [1.82, 2.24) is 0 Å². The first-order valence-corrected chi connectivity index (χ1v) is 8.87. The van der Waals surface area contributed by atoms with Gasteiger partial charge < -0.3 is 14.2 Å². The molecule has 144 valence electrons. The normalized spacial score (nSPS) is 9.82. The minimum Gasteiger partial charge on any atom is -0.463 e. The van der Waals surface area contributed by atoms with Crippen molar-refractivity contribution in [3.05, 3.63) is 66.7 Å². The van der Waals surface area contributed by atoms with Crippen molar-refractivity contribution in [2.75, 3.05) is 13.2 Å². The van der Waals surface area contributed by atoms with Crippen LogP contribution in [0, 0.1) is 11.3 Å². The van der Waals surface area contributed by atoms with E-state index in [1.807, 2.05) is 24.3 Å². The van der Waals surface area contributed by atoms with E-state index in [0.717, 1.165) is 23.6 Å². The number of rotatable bonds is 9. The molecule has 0 aliphatic rings. The van der Waals surface area contributed by atoms with Crippen LogP contribution in [0.15, 0.2) is 61.2 Å². The molecule has 0 aromatic heterocycles. The minimum atomic E-state index is -0.760. The Balaban J connectivity index is 1.68. The number of unbranched alkanes of at least 4 members (excludes halogenated alkanes) is 2. The number of hydrogen-bond acceptors (Lipinski definition) is 6. The first-order valence-electron chi connectivity index (χ1n) is 8.87. The molecule has 0 fully saturated rings. The Labute approximate surface area is 164 Å². The fourth-order valence-corrected chi connectivity index (χ4v) is 2.35. The number of benzene rings is 2. The van der Waals surface area contributed by atoms with E-state index in [-0.39, 0.29) is 6.61 Å². The maximum absolute atomic E-state index is 11.7. The molecule has 2 aromatic carbocycles. The third-order valence-corrected chi connectivity index (χ3v) is 3.82. The van der Waals surface area contributed by atoms with Gasteiger partial charge in [0.1, 0.15) is 5.75 Å². The van der Waals surface area contributed by atoms with Crippen LogP contribution in [0.5, 0.6) is 5.75 Å². The monoisotopic (exact) mass is 379 g/mol. The number of carbonyl (C=O) groups excluding carboxylic acids is 2. The highest BCUT2D eigenvalue weighted by Crippen LogP contribution is 2.23. The van der Waals surface area contributed by atoms with Crippen LogP contribution in [-0.2, 0) is 14.3 Å². The minimum absolute atomic E-state index is 0.234. The Morgan fingerprint density at radius 3 is 2.04 bits per heavy atom. The van der Waals surface area contributed by atoms with Gasteiger partial charge in [0.25, 0.3) is 0 Å². The molecule has 28 heavy (non-hydrogen) atoms. The summed E-state index contributed by atoms with van der Waals surface area (Å²) >= 11 is 0.